The van der Waals surface area contributed by atoms with Crippen molar-refractivity contribution < 1.29 is 19.4 Å². The minimum Gasteiger partial charge on any atom is -0.464 e. The molecule has 1 aliphatic heterocycles. The SMILES string of the molecule is COC(=O)C1=NN(C(=O)C2CC2)[C@](O)(C(C)(C)C)C1. The number of hydrazone groups is 1. The number of carbonyl (C=O) groups excluding carboxylic acids is 2. The van der Waals surface area contributed by atoms with Crippen molar-refractivity contribution in [2.45, 2.75) is 45.8 Å². The molecule has 0 unspecified atom stereocenters. The van der Waals surface area contributed by atoms with Gasteiger partial charge in [0.05, 0.1) is 7.11 Å². The van der Waals surface area contributed by atoms with E-state index >= 15 is 0 Å². The van der Waals surface area contributed by atoms with Crippen LogP contribution in [0.15, 0.2) is 5.10 Å². The van der Waals surface area contributed by atoms with Gasteiger partial charge in [-0.15, -0.1) is 0 Å². The monoisotopic (exact) mass is 268 g/mol. The molecule has 0 saturated heterocycles. The van der Waals surface area contributed by atoms with E-state index in [4.69, 9.17) is 0 Å². The van der Waals surface area contributed by atoms with Gasteiger partial charge in [0.1, 0.15) is 0 Å². The third-order valence-corrected chi connectivity index (χ3v) is 3.74. The zero-order valence-electron chi connectivity index (χ0n) is 11.8. The second-order valence-electron chi connectivity index (χ2n) is 6.21. The van der Waals surface area contributed by atoms with Crippen LogP contribution in [0.2, 0.25) is 0 Å². The largest absolute Gasteiger partial charge is 0.464 e. The summed E-state index contributed by atoms with van der Waals surface area (Å²) >= 11 is 0. The molecular weight excluding hydrogens is 248 g/mol. The van der Waals surface area contributed by atoms with Crippen molar-refractivity contribution in [1.29, 1.82) is 0 Å². The fourth-order valence-corrected chi connectivity index (χ4v) is 2.10. The van der Waals surface area contributed by atoms with Gasteiger partial charge in [-0.3, -0.25) is 4.79 Å². The van der Waals surface area contributed by atoms with Crippen LogP contribution >= 0.6 is 0 Å². The summed E-state index contributed by atoms with van der Waals surface area (Å²) in [4.78, 5) is 23.8. The summed E-state index contributed by atoms with van der Waals surface area (Å²) < 4.78 is 4.63. The fourth-order valence-electron chi connectivity index (χ4n) is 2.10. The van der Waals surface area contributed by atoms with Crippen molar-refractivity contribution in [3.05, 3.63) is 0 Å². The van der Waals surface area contributed by atoms with Gasteiger partial charge in [-0.25, -0.2) is 9.80 Å². The molecule has 0 aromatic carbocycles. The number of ether oxygens (including phenoxy) is 1. The molecule has 6 heteroatoms. The third kappa shape index (κ3) is 2.25. The average Bonchev–Trinajstić information content (AvgIpc) is 3.09. The Morgan fingerprint density at radius 3 is 2.42 bits per heavy atom. The zero-order chi connectivity index (χ0) is 14.4. The van der Waals surface area contributed by atoms with Crippen LogP contribution in [-0.4, -0.2) is 40.5 Å². The van der Waals surface area contributed by atoms with Crippen LogP contribution in [0, 0.1) is 11.3 Å². The van der Waals surface area contributed by atoms with Gasteiger partial charge in [-0.2, -0.15) is 5.10 Å². The molecule has 1 amide bonds. The lowest BCUT2D eigenvalue weighted by molar-refractivity contribution is -0.183. The van der Waals surface area contributed by atoms with Crippen molar-refractivity contribution in [2.75, 3.05) is 7.11 Å². The molecule has 2 rings (SSSR count). The number of aliphatic hydroxyl groups is 1. The fraction of sp³-hybridized carbons (Fsp3) is 0.769. The lowest BCUT2D eigenvalue weighted by atomic mass is 9.80. The topological polar surface area (TPSA) is 79.2 Å². The van der Waals surface area contributed by atoms with Gasteiger partial charge >= 0.3 is 5.97 Å². The molecule has 19 heavy (non-hydrogen) atoms. The quantitative estimate of drug-likeness (QED) is 0.754. The minimum absolute atomic E-state index is 0.00162. The average molecular weight is 268 g/mol. The van der Waals surface area contributed by atoms with Crippen LogP contribution in [0.3, 0.4) is 0 Å². The van der Waals surface area contributed by atoms with E-state index in [0.29, 0.717) is 0 Å². The lowest BCUT2D eigenvalue weighted by Gasteiger charge is -2.41. The number of carbonyl (C=O) groups is 2. The van der Waals surface area contributed by atoms with Crippen LogP contribution < -0.4 is 0 Å². The van der Waals surface area contributed by atoms with Crippen LogP contribution in [0.1, 0.15) is 40.0 Å². The Morgan fingerprint density at radius 1 is 1.42 bits per heavy atom. The molecule has 6 nitrogen and oxygen atoms in total. The maximum Gasteiger partial charge on any atom is 0.354 e. The third-order valence-electron chi connectivity index (χ3n) is 3.74. The highest BCUT2D eigenvalue weighted by molar-refractivity contribution is 6.37. The first kappa shape index (κ1) is 14.0. The Balaban J connectivity index is 2.34. The molecule has 1 atom stereocenters. The molecule has 0 spiro atoms. The van der Waals surface area contributed by atoms with Gasteiger partial charge in [-0.1, -0.05) is 20.8 Å². The first-order valence-electron chi connectivity index (χ1n) is 6.43. The van der Waals surface area contributed by atoms with E-state index in [-0.39, 0.29) is 24.0 Å². The van der Waals surface area contributed by atoms with Gasteiger partial charge in [0.15, 0.2) is 11.4 Å². The van der Waals surface area contributed by atoms with E-state index in [9.17, 15) is 14.7 Å². The second-order valence-corrected chi connectivity index (χ2v) is 6.21. The molecule has 106 valence electrons. The van der Waals surface area contributed by atoms with E-state index < -0.39 is 17.1 Å². The Labute approximate surface area is 112 Å². The first-order chi connectivity index (χ1) is 8.70. The molecule has 0 aromatic heterocycles. The standard InChI is InChI=1S/C13H20N2O4/c1-12(2,3)13(18)7-9(11(17)19-4)14-15(13)10(16)8-5-6-8/h8,18H,5-7H2,1-4H3/t13-/m1/s1. The van der Waals surface area contributed by atoms with Gasteiger partial charge in [0.25, 0.3) is 0 Å². The van der Waals surface area contributed by atoms with Gasteiger partial charge < -0.3 is 9.84 Å². The highest BCUT2D eigenvalue weighted by Gasteiger charge is 2.55. The van der Waals surface area contributed by atoms with Crippen molar-refractivity contribution in [3.8, 4) is 0 Å². The predicted molar refractivity (Wildman–Crippen MR) is 68.0 cm³/mol. The van der Waals surface area contributed by atoms with Gasteiger partial charge in [0.2, 0.25) is 5.91 Å². The molecule has 1 saturated carbocycles. The van der Waals surface area contributed by atoms with E-state index in [0.717, 1.165) is 17.9 Å². The number of nitrogens with zero attached hydrogens (tertiary/aromatic N) is 2. The summed E-state index contributed by atoms with van der Waals surface area (Å²) in [5.41, 5.74) is -2.00. The summed E-state index contributed by atoms with van der Waals surface area (Å²) in [5.74, 6) is -0.889. The Bertz CT molecular complexity index is 448. The molecular formula is C13H20N2O4. The van der Waals surface area contributed by atoms with E-state index in [1.807, 2.05) is 20.8 Å². The molecule has 1 aliphatic carbocycles. The number of hydrogen-bond acceptors (Lipinski definition) is 5. The normalized spacial score (nSPS) is 27.2. The Morgan fingerprint density at radius 2 is 2.00 bits per heavy atom. The summed E-state index contributed by atoms with van der Waals surface area (Å²) in [6, 6.07) is 0. The molecule has 0 radical (unpaired) electrons. The van der Waals surface area contributed by atoms with Crippen LogP contribution in [0.5, 0.6) is 0 Å². The molecule has 0 bridgehead atoms. The number of methoxy groups -OCH3 is 1. The number of hydrogen-bond donors (Lipinski definition) is 1. The molecule has 1 N–H and O–H groups in total. The Hall–Kier alpha value is -1.43. The summed E-state index contributed by atoms with van der Waals surface area (Å²) in [7, 11) is 1.26. The summed E-state index contributed by atoms with van der Waals surface area (Å²) in [5, 5.41) is 15.9. The molecule has 1 fully saturated rings. The van der Waals surface area contributed by atoms with Crippen LogP contribution in [0.25, 0.3) is 0 Å². The molecule has 2 aliphatic rings. The maximum atomic E-state index is 12.2. The van der Waals surface area contributed by atoms with Crippen molar-refractivity contribution in [1.82, 2.24) is 5.01 Å². The number of rotatable bonds is 2. The minimum atomic E-state index is -1.48. The highest BCUT2D eigenvalue weighted by atomic mass is 16.5. The van der Waals surface area contributed by atoms with Gasteiger partial charge in [-0.05, 0) is 12.8 Å². The van der Waals surface area contributed by atoms with E-state index in [2.05, 4.69) is 9.84 Å². The van der Waals surface area contributed by atoms with Crippen molar-refractivity contribution >= 4 is 17.6 Å². The zero-order valence-corrected chi connectivity index (χ0v) is 11.8. The van der Waals surface area contributed by atoms with E-state index in [1.165, 1.54) is 7.11 Å². The van der Waals surface area contributed by atoms with E-state index in [1.54, 1.807) is 0 Å². The second kappa shape index (κ2) is 4.30. The highest BCUT2D eigenvalue weighted by Crippen LogP contribution is 2.43. The molecule has 1 heterocycles. The van der Waals surface area contributed by atoms with Crippen LogP contribution in [0.4, 0.5) is 0 Å². The van der Waals surface area contributed by atoms with Crippen LogP contribution in [-0.2, 0) is 14.3 Å². The number of esters is 1. The van der Waals surface area contributed by atoms with Crippen molar-refractivity contribution in [3.63, 3.8) is 0 Å². The number of amides is 1. The molecule has 0 aromatic rings. The maximum absolute atomic E-state index is 12.2. The van der Waals surface area contributed by atoms with Crippen molar-refractivity contribution in [2.24, 2.45) is 16.4 Å². The predicted octanol–water partition coefficient (Wildman–Crippen LogP) is 0.892. The van der Waals surface area contributed by atoms with Gasteiger partial charge in [0, 0.05) is 17.8 Å². The summed E-state index contributed by atoms with van der Waals surface area (Å²) in [6.07, 6.45) is 1.64. The lowest BCUT2D eigenvalue weighted by Crippen LogP contribution is -2.55. The first-order valence-corrected chi connectivity index (χ1v) is 6.43. The Kier molecular flexibility index (Phi) is 3.16. The smallest absolute Gasteiger partial charge is 0.354 e. The summed E-state index contributed by atoms with van der Waals surface area (Å²) in [6.45, 7) is 5.45.